The monoisotopic (exact) mass is 382 g/mol. The molecule has 1 N–H and O–H groups in total. The Morgan fingerprint density at radius 3 is 2.17 bits per heavy atom. The van der Waals surface area contributed by atoms with Crippen molar-refractivity contribution in [2.24, 2.45) is 0 Å². The summed E-state index contributed by atoms with van der Waals surface area (Å²) in [6.45, 7) is 7.01. The van der Waals surface area contributed by atoms with E-state index in [1.807, 2.05) is 0 Å². The van der Waals surface area contributed by atoms with Gasteiger partial charge in [0.25, 0.3) is 0 Å². The first kappa shape index (κ1) is 20.4. The van der Waals surface area contributed by atoms with Gasteiger partial charge in [0, 0.05) is 23.7 Å². The zero-order valence-electron chi connectivity index (χ0n) is 13.9. The number of nitrogens with zero attached hydrogens (tertiary/aromatic N) is 1. The topological polar surface area (TPSA) is 83.6 Å². The lowest BCUT2D eigenvalue weighted by molar-refractivity contribution is 0.254. The summed E-state index contributed by atoms with van der Waals surface area (Å²) in [5, 5.41) is 0.486. The summed E-state index contributed by atoms with van der Waals surface area (Å²) in [4.78, 5) is 0.0982. The number of benzene rings is 1. The first-order chi connectivity index (χ1) is 10.2. The van der Waals surface area contributed by atoms with E-state index >= 15 is 0 Å². The number of hydrogen-bond donors (Lipinski definition) is 1. The van der Waals surface area contributed by atoms with Crippen LogP contribution in [0, 0.1) is 6.92 Å². The average molecular weight is 383 g/mol. The molecule has 0 spiro atoms. The first-order valence-electron chi connectivity index (χ1n) is 6.99. The smallest absolute Gasteiger partial charge is 0.212 e. The Kier molecular flexibility index (Phi) is 6.26. The third-order valence-electron chi connectivity index (χ3n) is 3.20. The lowest BCUT2D eigenvalue weighted by atomic mass is 10.1. The van der Waals surface area contributed by atoms with Gasteiger partial charge in [-0.05, 0) is 51.5 Å². The quantitative estimate of drug-likeness (QED) is 0.815. The Bertz CT molecular complexity index is 768. The fraction of sp³-hybridized carbons (Fsp3) is 0.571. The molecule has 0 aromatic heterocycles. The molecule has 9 heteroatoms. The van der Waals surface area contributed by atoms with Crippen molar-refractivity contribution in [1.82, 2.24) is 9.03 Å². The lowest BCUT2D eigenvalue weighted by Gasteiger charge is -2.33. The molecular formula is C14H23ClN2O4S2. The van der Waals surface area contributed by atoms with Gasteiger partial charge in [0.2, 0.25) is 20.0 Å². The van der Waals surface area contributed by atoms with Crippen LogP contribution in [0.5, 0.6) is 0 Å². The normalized spacial score (nSPS) is 13.5. The molecule has 1 rings (SSSR count). The van der Waals surface area contributed by atoms with Crippen LogP contribution in [-0.4, -0.2) is 46.0 Å². The van der Waals surface area contributed by atoms with Gasteiger partial charge in [-0.2, -0.15) is 4.31 Å². The van der Waals surface area contributed by atoms with Crippen LogP contribution in [0.4, 0.5) is 0 Å². The maximum absolute atomic E-state index is 12.3. The highest BCUT2D eigenvalue weighted by Gasteiger charge is 2.29. The van der Waals surface area contributed by atoms with E-state index in [0.29, 0.717) is 10.6 Å². The zero-order chi connectivity index (χ0) is 18.1. The summed E-state index contributed by atoms with van der Waals surface area (Å²) >= 11 is 5.89. The van der Waals surface area contributed by atoms with Gasteiger partial charge in [-0.25, -0.2) is 21.6 Å². The van der Waals surface area contributed by atoms with E-state index in [1.165, 1.54) is 22.5 Å². The third-order valence-corrected chi connectivity index (χ3v) is 6.61. The molecule has 0 bridgehead atoms. The maximum atomic E-state index is 12.3. The molecular weight excluding hydrogens is 360 g/mol. The number of hydrogen-bond acceptors (Lipinski definition) is 4. The average Bonchev–Trinajstić information content (AvgIpc) is 2.34. The Labute approximate surface area is 143 Å². The van der Waals surface area contributed by atoms with Gasteiger partial charge >= 0.3 is 0 Å². The molecule has 0 aliphatic carbocycles. The second-order valence-electron chi connectivity index (χ2n) is 6.31. The second-order valence-corrected chi connectivity index (χ2v) is 10.4. The fourth-order valence-electron chi connectivity index (χ4n) is 2.15. The zero-order valence-corrected chi connectivity index (χ0v) is 16.3. The van der Waals surface area contributed by atoms with Crippen molar-refractivity contribution in [3.05, 3.63) is 28.8 Å². The number of nitrogens with one attached hydrogen (secondary N) is 1. The van der Waals surface area contributed by atoms with Crippen LogP contribution in [0.2, 0.25) is 5.02 Å². The minimum atomic E-state index is -3.72. The Morgan fingerprint density at radius 2 is 1.74 bits per heavy atom. The summed E-state index contributed by atoms with van der Waals surface area (Å²) in [6.07, 6.45) is 1.11. The van der Waals surface area contributed by atoms with E-state index in [2.05, 4.69) is 4.72 Å². The van der Waals surface area contributed by atoms with Gasteiger partial charge in [-0.15, -0.1) is 0 Å². The fourth-order valence-corrected chi connectivity index (χ4v) is 4.79. The predicted molar refractivity (Wildman–Crippen MR) is 92.7 cm³/mol. The van der Waals surface area contributed by atoms with Crippen molar-refractivity contribution in [1.29, 1.82) is 0 Å². The van der Waals surface area contributed by atoms with Crippen molar-refractivity contribution in [3.8, 4) is 0 Å². The summed E-state index contributed by atoms with van der Waals surface area (Å²) in [5.41, 5.74) is 0.0255. The van der Waals surface area contributed by atoms with Crippen LogP contribution in [0.3, 0.4) is 0 Å². The van der Waals surface area contributed by atoms with Gasteiger partial charge < -0.3 is 0 Å². The lowest BCUT2D eigenvalue weighted by Crippen LogP contribution is -2.48. The molecule has 23 heavy (non-hydrogen) atoms. The predicted octanol–water partition coefficient (Wildman–Crippen LogP) is 1.99. The molecule has 0 heterocycles. The molecule has 132 valence electrons. The number of aryl methyl sites for hydroxylation is 1. The minimum absolute atomic E-state index is 0.0195. The Balaban J connectivity index is 2.86. The van der Waals surface area contributed by atoms with Crippen molar-refractivity contribution in [2.75, 3.05) is 19.3 Å². The molecule has 0 fully saturated rings. The van der Waals surface area contributed by atoms with Crippen molar-refractivity contribution < 1.29 is 16.8 Å². The number of sulfonamides is 2. The molecule has 0 aliphatic rings. The van der Waals surface area contributed by atoms with Gasteiger partial charge in [0.05, 0.1) is 11.2 Å². The summed E-state index contributed by atoms with van der Waals surface area (Å²) in [5.74, 6) is 0. The minimum Gasteiger partial charge on any atom is -0.212 e. The van der Waals surface area contributed by atoms with E-state index in [1.54, 1.807) is 27.7 Å². The summed E-state index contributed by atoms with van der Waals surface area (Å²) in [6, 6.07) is 4.40. The van der Waals surface area contributed by atoms with Crippen LogP contribution in [0.25, 0.3) is 0 Å². The molecule has 1 aromatic carbocycles. The van der Waals surface area contributed by atoms with Crippen LogP contribution in [-0.2, 0) is 20.0 Å². The molecule has 0 unspecified atom stereocenters. The largest absolute Gasteiger partial charge is 0.240 e. The molecule has 1 aromatic rings. The first-order valence-corrected chi connectivity index (χ1v) is 10.7. The van der Waals surface area contributed by atoms with E-state index < -0.39 is 25.6 Å². The maximum Gasteiger partial charge on any atom is 0.240 e. The molecule has 0 amide bonds. The van der Waals surface area contributed by atoms with Gasteiger partial charge in [-0.1, -0.05) is 11.6 Å². The van der Waals surface area contributed by atoms with E-state index in [4.69, 9.17) is 11.6 Å². The summed E-state index contributed by atoms with van der Waals surface area (Å²) in [7, 11) is -7.15. The Morgan fingerprint density at radius 1 is 1.17 bits per heavy atom. The highest BCUT2D eigenvalue weighted by atomic mass is 35.5. The van der Waals surface area contributed by atoms with Gasteiger partial charge in [0.15, 0.2) is 0 Å². The molecule has 0 saturated carbocycles. The van der Waals surface area contributed by atoms with E-state index in [9.17, 15) is 16.8 Å². The SMILES string of the molecule is Cc1cc(S(=O)(=O)NCCN(C(C)(C)C)S(C)(=O)=O)ccc1Cl. The standard InChI is InChI=1S/C14H23ClN2O4S2/c1-11-10-12(6-7-13(11)15)23(20,21)16-8-9-17(14(2,3)4)22(5,18)19/h6-7,10,16H,8-9H2,1-5H3. The highest BCUT2D eigenvalue weighted by molar-refractivity contribution is 7.89. The molecule has 0 radical (unpaired) electrons. The Hall–Kier alpha value is -0.670. The third kappa shape index (κ3) is 5.72. The number of halogens is 1. The van der Waals surface area contributed by atoms with E-state index in [0.717, 1.165) is 6.26 Å². The number of rotatable bonds is 6. The van der Waals surface area contributed by atoms with Crippen LogP contribution in [0.1, 0.15) is 26.3 Å². The van der Waals surface area contributed by atoms with Gasteiger partial charge in [0.1, 0.15) is 0 Å². The van der Waals surface area contributed by atoms with Crippen LogP contribution in [0.15, 0.2) is 23.1 Å². The van der Waals surface area contributed by atoms with Crippen molar-refractivity contribution >= 4 is 31.6 Å². The van der Waals surface area contributed by atoms with Crippen molar-refractivity contribution in [2.45, 2.75) is 38.1 Å². The molecule has 0 atom stereocenters. The summed E-state index contributed by atoms with van der Waals surface area (Å²) < 4.78 is 51.8. The van der Waals surface area contributed by atoms with Crippen molar-refractivity contribution in [3.63, 3.8) is 0 Å². The van der Waals surface area contributed by atoms with Gasteiger partial charge in [-0.3, -0.25) is 0 Å². The second kappa shape index (κ2) is 7.06. The molecule has 6 nitrogen and oxygen atoms in total. The molecule has 0 saturated heterocycles. The van der Waals surface area contributed by atoms with Crippen LogP contribution >= 0.6 is 11.6 Å². The molecule has 0 aliphatic heterocycles. The highest BCUT2D eigenvalue weighted by Crippen LogP contribution is 2.20. The van der Waals surface area contributed by atoms with Crippen LogP contribution < -0.4 is 4.72 Å². The van der Waals surface area contributed by atoms with E-state index in [-0.39, 0.29) is 18.0 Å².